The molecule has 0 unspecified atom stereocenters. The lowest BCUT2D eigenvalue weighted by molar-refractivity contribution is 0.0734. The van der Waals surface area contributed by atoms with Gasteiger partial charge in [0.2, 0.25) is 5.95 Å². The Balaban J connectivity index is 1.49. The number of para-hydroxylation sites is 1. The SMILES string of the molecule is Cc1cc(C(C)(C)O)nn1-c1ccccc1CNc1nc(N2CCC(N)CC2)nc2c1ncn2C(C)C. The van der Waals surface area contributed by atoms with Crippen molar-refractivity contribution in [3.8, 4) is 5.69 Å². The zero-order chi connectivity index (χ0) is 26.3. The Morgan fingerprint density at radius 1 is 1.16 bits per heavy atom. The number of aliphatic hydroxyl groups is 1. The van der Waals surface area contributed by atoms with Gasteiger partial charge in [-0.3, -0.25) is 0 Å². The maximum Gasteiger partial charge on any atom is 0.229 e. The Hall–Kier alpha value is -3.50. The van der Waals surface area contributed by atoms with Gasteiger partial charge in [-0.05, 0) is 65.2 Å². The number of benzene rings is 1. The third-order valence-corrected chi connectivity index (χ3v) is 6.97. The van der Waals surface area contributed by atoms with E-state index >= 15 is 0 Å². The first-order valence-electron chi connectivity index (χ1n) is 13.0. The Labute approximate surface area is 217 Å². The molecule has 4 N–H and O–H groups in total. The first-order valence-corrected chi connectivity index (χ1v) is 13.0. The normalized spacial score (nSPS) is 15.2. The van der Waals surface area contributed by atoms with Crippen molar-refractivity contribution in [2.24, 2.45) is 5.73 Å². The molecule has 1 fully saturated rings. The molecule has 1 aliphatic rings. The molecule has 0 aliphatic carbocycles. The number of aryl methyl sites for hydroxylation is 1. The van der Waals surface area contributed by atoms with Crippen LogP contribution in [-0.2, 0) is 12.1 Å². The molecule has 0 atom stereocenters. The number of piperidine rings is 1. The van der Waals surface area contributed by atoms with Gasteiger partial charge in [-0.15, -0.1) is 0 Å². The molecule has 0 bridgehead atoms. The van der Waals surface area contributed by atoms with Crippen LogP contribution in [0, 0.1) is 6.92 Å². The van der Waals surface area contributed by atoms with E-state index in [9.17, 15) is 5.11 Å². The molecule has 10 heteroatoms. The van der Waals surface area contributed by atoms with Gasteiger partial charge in [0.1, 0.15) is 5.60 Å². The Kier molecular flexibility index (Phi) is 6.63. The smallest absolute Gasteiger partial charge is 0.229 e. The third kappa shape index (κ3) is 5.03. The van der Waals surface area contributed by atoms with Crippen molar-refractivity contribution in [1.82, 2.24) is 29.3 Å². The van der Waals surface area contributed by atoms with Gasteiger partial charge in [-0.2, -0.15) is 15.1 Å². The number of nitrogens with two attached hydrogens (primary N) is 1. The molecular formula is C27H37N9O. The van der Waals surface area contributed by atoms with E-state index in [1.54, 1.807) is 13.8 Å². The Bertz CT molecular complexity index is 1390. The first kappa shape index (κ1) is 25.2. The highest BCUT2D eigenvalue weighted by atomic mass is 16.3. The minimum Gasteiger partial charge on any atom is -0.384 e. The lowest BCUT2D eigenvalue weighted by atomic mass is 10.1. The van der Waals surface area contributed by atoms with Crippen molar-refractivity contribution in [2.45, 2.75) is 71.7 Å². The van der Waals surface area contributed by atoms with E-state index in [2.05, 4.69) is 39.7 Å². The fourth-order valence-electron chi connectivity index (χ4n) is 4.71. The minimum atomic E-state index is -1.01. The van der Waals surface area contributed by atoms with Crippen molar-refractivity contribution in [3.05, 3.63) is 53.6 Å². The van der Waals surface area contributed by atoms with Gasteiger partial charge >= 0.3 is 0 Å². The molecular weight excluding hydrogens is 466 g/mol. The molecule has 0 amide bonds. The van der Waals surface area contributed by atoms with E-state index in [1.165, 1.54) is 0 Å². The van der Waals surface area contributed by atoms with E-state index in [0.717, 1.165) is 54.0 Å². The van der Waals surface area contributed by atoms with Crippen LogP contribution >= 0.6 is 0 Å². The zero-order valence-corrected chi connectivity index (χ0v) is 22.3. The summed E-state index contributed by atoms with van der Waals surface area (Å²) in [6.45, 7) is 11.9. The molecule has 1 aromatic carbocycles. The molecule has 37 heavy (non-hydrogen) atoms. The van der Waals surface area contributed by atoms with Crippen LogP contribution in [0.15, 0.2) is 36.7 Å². The monoisotopic (exact) mass is 503 g/mol. The van der Waals surface area contributed by atoms with Crippen LogP contribution in [0.1, 0.15) is 63.5 Å². The van der Waals surface area contributed by atoms with E-state index in [-0.39, 0.29) is 12.1 Å². The highest BCUT2D eigenvalue weighted by Crippen LogP contribution is 2.28. The second kappa shape index (κ2) is 9.75. The van der Waals surface area contributed by atoms with Gasteiger partial charge in [0.15, 0.2) is 17.0 Å². The van der Waals surface area contributed by atoms with Crippen LogP contribution in [0.3, 0.4) is 0 Å². The van der Waals surface area contributed by atoms with E-state index in [4.69, 9.17) is 20.8 Å². The van der Waals surface area contributed by atoms with Crippen molar-refractivity contribution in [3.63, 3.8) is 0 Å². The van der Waals surface area contributed by atoms with Gasteiger partial charge in [-0.25, -0.2) is 9.67 Å². The zero-order valence-electron chi connectivity index (χ0n) is 22.3. The van der Waals surface area contributed by atoms with Crippen molar-refractivity contribution in [1.29, 1.82) is 0 Å². The second-order valence-corrected chi connectivity index (χ2v) is 10.7. The summed E-state index contributed by atoms with van der Waals surface area (Å²) in [5.74, 6) is 1.41. The van der Waals surface area contributed by atoms with Crippen LogP contribution in [0.2, 0.25) is 0 Å². The van der Waals surface area contributed by atoms with Crippen LogP contribution in [-0.4, -0.2) is 53.5 Å². The average molecular weight is 504 g/mol. The molecule has 10 nitrogen and oxygen atoms in total. The van der Waals surface area contributed by atoms with Crippen molar-refractivity contribution < 1.29 is 5.11 Å². The lowest BCUT2D eigenvalue weighted by Gasteiger charge is -2.30. The van der Waals surface area contributed by atoms with Crippen molar-refractivity contribution in [2.75, 3.05) is 23.3 Å². The minimum absolute atomic E-state index is 0.226. The fourth-order valence-corrected chi connectivity index (χ4v) is 4.71. The van der Waals surface area contributed by atoms with Crippen molar-refractivity contribution >= 4 is 22.9 Å². The molecule has 0 saturated carbocycles. The maximum absolute atomic E-state index is 10.5. The quantitative estimate of drug-likeness (QED) is 0.349. The number of fused-ring (bicyclic) bond motifs is 1. The molecule has 3 aromatic heterocycles. The van der Waals surface area contributed by atoms with Gasteiger partial charge < -0.3 is 25.6 Å². The summed E-state index contributed by atoms with van der Waals surface area (Å²) in [4.78, 5) is 16.7. The summed E-state index contributed by atoms with van der Waals surface area (Å²) in [6.07, 6.45) is 3.69. The van der Waals surface area contributed by atoms with Crippen LogP contribution in [0.5, 0.6) is 0 Å². The van der Waals surface area contributed by atoms with Gasteiger partial charge in [0, 0.05) is 37.4 Å². The summed E-state index contributed by atoms with van der Waals surface area (Å²) >= 11 is 0. The molecule has 196 valence electrons. The predicted molar refractivity (Wildman–Crippen MR) is 146 cm³/mol. The van der Waals surface area contributed by atoms with Gasteiger partial charge in [-0.1, -0.05) is 18.2 Å². The maximum atomic E-state index is 10.5. The average Bonchev–Trinajstić information content (AvgIpc) is 3.47. The summed E-state index contributed by atoms with van der Waals surface area (Å²) in [5.41, 5.74) is 10.3. The molecule has 1 saturated heterocycles. The van der Waals surface area contributed by atoms with Gasteiger partial charge in [0.25, 0.3) is 0 Å². The second-order valence-electron chi connectivity index (χ2n) is 10.7. The number of aromatic nitrogens is 6. The Morgan fingerprint density at radius 2 is 1.89 bits per heavy atom. The number of rotatable bonds is 7. The van der Waals surface area contributed by atoms with Crippen LogP contribution < -0.4 is 16.0 Å². The standard InChI is InChI=1S/C27H37N9O/c1-17(2)35-16-30-23-24(31-26(32-25(23)35)34-12-10-20(28)11-13-34)29-15-19-8-6-7-9-21(19)36-18(3)14-22(33-36)27(4,5)37/h6-9,14,16-17,20,37H,10-13,15,28H2,1-5H3,(H,29,31,32). The topological polar surface area (TPSA) is 123 Å². The molecule has 4 heterocycles. The summed E-state index contributed by atoms with van der Waals surface area (Å²) in [6, 6.07) is 10.5. The number of imidazole rings is 1. The lowest BCUT2D eigenvalue weighted by Crippen LogP contribution is -2.40. The largest absolute Gasteiger partial charge is 0.384 e. The highest BCUT2D eigenvalue weighted by Gasteiger charge is 2.24. The molecule has 0 radical (unpaired) electrons. The number of hydrogen-bond acceptors (Lipinski definition) is 8. The van der Waals surface area contributed by atoms with E-state index in [1.807, 2.05) is 42.2 Å². The molecule has 1 aliphatic heterocycles. The third-order valence-electron chi connectivity index (χ3n) is 6.97. The van der Waals surface area contributed by atoms with E-state index < -0.39 is 5.60 Å². The summed E-state index contributed by atoms with van der Waals surface area (Å²) < 4.78 is 3.97. The van der Waals surface area contributed by atoms with Crippen LogP contribution in [0.25, 0.3) is 16.9 Å². The highest BCUT2D eigenvalue weighted by molar-refractivity contribution is 5.84. The summed E-state index contributed by atoms with van der Waals surface area (Å²) in [5, 5.41) is 18.7. The fraction of sp³-hybridized carbons (Fsp3) is 0.481. The Morgan fingerprint density at radius 3 is 2.57 bits per heavy atom. The molecule has 0 spiro atoms. The first-order chi connectivity index (χ1) is 17.6. The number of anilines is 2. The molecule has 5 rings (SSSR count). The summed E-state index contributed by atoms with van der Waals surface area (Å²) in [7, 11) is 0. The van der Waals surface area contributed by atoms with Crippen LogP contribution in [0.4, 0.5) is 11.8 Å². The van der Waals surface area contributed by atoms with Gasteiger partial charge in [0.05, 0.1) is 17.7 Å². The number of nitrogens with one attached hydrogen (secondary N) is 1. The number of hydrogen-bond donors (Lipinski definition) is 3. The number of nitrogens with zero attached hydrogens (tertiary/aromatic N) is 7. The molecule has 4 aromatic rings. The van der Waals surface area contributed by atoms with E-state index in [0.29, 0.717) is 24.0 Å². The predicted octanol–water partition coefficient (Wildman–Crippen LogP) is 3.67.